The Kier molecular flexibility index (Phi) is 5.88. The van der Waals surface area contributed by atoms with Crippen LogP contribution in [0.4, 0.5) is 0 Å². The van der Waals surface area contributed by atoms with Gasteiger partial charge < -0.3 is 15.8 Å². The van der Waals surface area contributed by atoms with E-state index in [9.17, 15) is 9.59 Å². The SMILES string of the molecule is COC(C)CCC(=O)NCC(N)=O. The molecule has 0 rings (SSSR count). The molecule has 1 unspecified atom stereocenters. The van der Waals surface area contributed by atoms with Gasteiger partial charge in [-0.25, -0.2) is 0 Å². The maximum absolute atomic E-state index is 11.0. The van der Waals surface area contributed by atoms with Crippen LogP contribution < -0.4 is 11.1 Å². The molecule has 76 valence electrons. The van der Waals surface area contributed by atoms with Crippen LogP contribution in [0.15, 0.2) is 0 Å². The number of hydrogen-bond acceptors (Lipinski definition) is 3. The number of rotatable bonds is 6. The monoisotopic (exact) mass is 188 g/mol. The number of carbonyl (C=O) groups is 2. The third-order valence-corrected chi connectivity index (χ3v) is 1.64. The van der Waals surface area contributed by atoms with Gasteiger partial charge in [0.25, 0.3) is 0 Å². The molecule has 0 aliphatic carbocycles. The number of hydrogen-bond donors (Lipinski definition) is 2. The van der Waals surface area contributed by atoms with Crippen molar-refractivity contribution in [3.05, 3.63) is 0 Å². The van der Waals surface area contributed by atoms with E-state index in [-0.39, 0.29) is 18.6 Å². The van der Waals surface area contributed by atoms with E-state index in [0.29, 0.717) is 12.8 Å². The number of primary amides is 1. The lowest BCUT2D eigenvalue weighted by Crippen LogP contribution is -2.33. The molecule has 5 heteroatoms. The fraction of sp³-hybridized carbons (Fsp3) is 0.750. The summed E-state index contributed by atoms with van der Waals surface area (Å²) in [5.74, 6) is -0.712. The van der Waals surface area contributed by atoms with Crippen molar-refractivity contribution >= 4 is 11.8 Å². The van der Waals surface area contributed by atoms with Gasteiger partial charge in [0.2, 0.25) is 11.8 Å². The molecule has 0 aromatic heterocycles. The van der Waals surface area contributed by atoms with Crippen molar-refractivity contribution in [2.24, 2.45) is 5.73 Å². The quantitative estimate of drug-likeness (QED) is 0.584. The molecule has 0 aromatic carbocycles. The van der Waals surface area contributed by atoms with Gasteiger partial charge >= 0.3 is 0 Å². The van der Waals surface area contributed by atoms with Crippen LogP contribution in [-0.4, -0.2) is 31.6 Å². The molecule has 0 aliphatic rings. The van der Waals surface area contributed by atoms with Crippen molar-refractivity contribution in [2.75, 3.05) is 13.7 Å². The molecule has 0 radical (unpaired) electrons. The molecule has 1 atom stereocenters. The molecule has 2 amide bonds. The maximum atomic E-state index is 11.0. The molecular formula is C8H16N2O3. The van der Waals surface area contributed by atoms with E-state index in [1.807, 2.05) is 6.92 Å². The first-order chi connectivity index (χ1) is 6.06. The first-order valence-electron chi connectivity index (χ1n) is 4.14. The Hall–Kier alpha value is -1.10. The Morgan fingerprint density at radius 1 is 1.54 bits per heavy atom. The second-order valence-corrected chi connectivity index (χ2v) is 2.83. The smallest absolute Gasteiger partial charge is 0.236 e. The van der Waals surface area contributed by atoms with Crippen molar-refractivity contribution in [3.8, 4) is 0 Å². The maximum Gasteiger partial charge on any atom is 0.236 e. The summed E-state index contributed by atoms with van der Waals surface area (Å²) in [7, 11) is 1.59. The van der Waals surface area contributed by atoms with E-state index in [2.05, 4.69) is 5.32 Å². The van der Waals surface area contributed by atoms with Crippen molar-refractivity contribution in [3.63, 3.8) is 0 Å². The molecule has 0 heterocycles. The van der Waals surface area contributed by atoms with Crippen LogP contribution in [0, 0.1) is 0 Å². The Balaban J connectivity index is 3.46. The second kappa shape index (κ2) is 6.42. The molecular weight excluding hydrogens is 172 g/mol. The number of ether oxygens (including phenoxy) is 1. The normalized spacial score (nSPS) is 12.2. The highest BCUT2D eigenvalue weighted by Gasteiger charge is 2.05. The zero-order valence-corrected chi connectivity index (χ0v) is 8.00. The fourth-order valence-electron chi connectivity index (χ4n) is 0.726. The van der Waals surface area contributed by atoms with Gasteiger partial charge in [-0.1, -0.05) is 0 Å². The summed E-state index contributed by atoms with van der Waals surface area (Å²) >= 11 is 0. The highest BCUT2D eigenvalue weighted by molar-refractivity contribution is 5.83. The zero-order chi connectivity index (χ0) is 10.3. The summed E-state index contributed by atoms with van der Waals surface area (Å²) in [6, 6.07) is 0. The number of methoxy groups -OCH3 is 1. The molecule has 0 spiro atoms. The van der Waals surface area contributed by atoms with Gasteiger partial charge in [0, 0.05) is 13.5 Å². The third kappa shape index (κ3) is 7.27. The van der Waals surface area contributed by atoms with Gasteiger partial charge in [-0.3, -0.25) is 9.59 Å². The minimum absolute atomic E-state index is 0.0549. The van der Waals surface area contributed by atoms with Crippen LogP contribution in [0.3, 0.4) is 0 Å². The largest absolute Gasteiger partial charge is 0.382 e. The molecule has 3 N–H and O–H groups in total. The number of nitrogens with one attached hydrogen (secondary N) is 1. The molecule has 0 fully saturated rings. The van der Waals surface area contributed by atoms with E-state index < -0.39 is 5.91 Å². The summed E-state index contributed by atoms with van der Waals surface area (Å²) < 4.78 is 4.95. The second-order valence-electron chi connectivity index (χ2n) is 2.83. The van der Waals surface area contributed by atoms with E-state index >= 15 is 0 Å². The van der Waals surface area contributed by atoms with Crippen molar-refractivity contribution < 1.29 is 14.3 Å². The Morgan fingerprint density at radius 2 is 2.15 bits per heavy atom. The summed E-state index contributed by atoms with van der Waals surface area (Å²) in [4.78, 5) is 21.3. The minimum atomic E-state index is -0.534. The topological polar surface area (TPSA) is 81.4 Å². The average Bonchev–Trinajstić information content (AvgIpc) is 2.10. The van der Waals surface area contributed by atoms with Crippen LogP contribution in [0.25, 0.3) is 0 Å². The van der Waals surface area contributed by atoms with E-state index in [1.54, 1.807) is 7.11 Å². The highest BCUT2D eigenvalue weighted by Crippen LogP contribution is 1.98. The number of nitrogens with two attached hydrogens (primary N) is 1. The summed E-state index contributed by atoms with van der Waals surface area (Å²) in [5.41, 5.74) is 4.84. The van der Waals surface area contributed by atoms with Gasteiger partial charge in [0.15, 0.2) is 0 Å². The summed E-state index contributed by atoms with van der Waals surface area (Å²) in [5, 5.41) is 2.39. The van der Waals surface area contributed by atoms with Crippen LogP contribution in [0.1, 0.15) is 19.8 Å². The van der Waals surface area contributed by atoms with E-state index in [1.165, 1.54) is 0 Å². The molecule has 13 heavy (non-hydrogen) atoms. The number of carbonyl (C=O) groups excluding carboxylic acids is 2. The van der Waals surface area contributed by atoms with Crippen molar-refractivity contribution in [1.82, 2.24) is 5.32 Å². The van der Waals surface area contributed by atoms with Crippen LogP contribution in [-0.2, 0) is 14.3 Å². The number of amides is 2. The van der Waals surface area contributed by atoms with E-state index in [0.717, 1.165) is 0 Å². The first-order valence-corrected chi connectivity index (χ1v) is 4.14. The Morgan fingerprint density at radius 3 is 2.62 bits per heavy atom. The van der Waals surface area contributed by atoms with Gasteiger partial charge in [0.05, 0.1) is 12.6 Å². The van der Waals surface area contributed by atoms with E-state index in [4.69, 9.17) is 10.5 Å². The van der Waals surface area contributed by atoms with Gasteiger partial charge in [-0.15, -0.1) is 0 Å². The summed E-state index contributed by atoms with van der Waals surface area (Å²) in [6.07, 6.45) is 1.04. The molecule has 5 nitrogen and oxygen atoms in total. The molecule has 0 aliphatic heterocycles. The van der Waals surface area contributed by atoms with Gasteiger partial charge in [-0.05, 0) is 13.3 Å². The lowest BCUT2D eigenvalue weighted by molar-refractivity contribution is -0.125. The molecule has 0 saturated carbocycles. The van der Waals surface area contributed by atoms with Crippen LogP contribution >= 0.6 is 0 Å². The minimum Gasteiger partial charge on any atom is -0.382 e. The lowest BCUT2D eigenvalue weighted by atomic mass is 10.2. The van der Waals surface area contributed by atoms with Gasteiger partial charge in [0.1, 0.15) is 0 Å². The predicted octanol–water partition coefficient (Wildman–Crippen LogP) is -0.597. The lowest BCUT2D eigenvalue weighted by Gasteiger charge is -2.08. The highest BCUT2D eigenvalue weighted by atomic mass is 16.5. The zero-order valence-electron chi connectivity index (χ0n) is 8.00. The Labute approximate surface area is 77.6 Å². The van der Waals surface area contributed by atoms with Gasteiger partial charge in [-0.2, -0.15) is 0 Å². The fourth-order valence-corrected chi connectivity index (χ4v) is 0.726. The standard InChI is InChI=1S/C8H16N2O3/c1-6(13-2)3-4-8(12)10-5-7(9)11/h6H,3-5H2,1-2H3,(H2,9,11)(H,10,12). The van der Waals surface area contributed by atoms with Crippen molar-refractivity contribution in [2.45, 2.75) is 25.9 Å². The molecule has 0 bridgehead atoms. The average molecular weight is 188 g/mol. The van der Waals surface area contributed by atoms with Crippen molar-refractivity contribution in [1.29, 1.82) is 0 Å². The Bertz CT molecular complexity index is 182. The van der Waals surface area contributed by atoms with Crippen LogP contribution in [0.2, 0.25) is 0 Å². The van der Waals surface area contributed by atoms with Crippen LogP contribution in [0.5, 0.6) is 0 Å². The summed E-state index contributed by atoms with van der Waals surface area (Å²) in [6.45, 7) is 1.78. The molecule has 0 aromatic rings. The predicted molar refractivity (Wildman–Crippen MR) is 47.9 cm³/mol. The third-order valence-electron chi connectivity index (χ3n) is 1.64. The first kappa shape index (κ1) is 11.9. The molecule has 0 saturated heterocycles.